The van der Waals surface area contributed by atoms with Gasteiger partial charge >= 0.3 is 6.09 Å². The second kappa shape index (κ2) is 17.6. The van der Waals surface area contributed by atoms with Gasteiger partial charge in [-0.25, -0.2) is 4.79 Å². The summed E-state index contributed by atoms with van der Waals surface area (Å²) in [5.41, 5.74) is 2.19. The predicted octanol–water partition coefficient (Wildman–Crippen LogP) is 7.34. The lowest BCUT2D eigenvalue weighted by molar-refractivity contribution is -0.143. The third-order valence-corrected chi connectivity index (χ3v) is 7.06. The van der Waals surface area contributed by atoms with Gasteiger partial charge in [0.1, 0.15) is 17.7 Å². The molecule has 0 aliphatic heterocycles. The SMILES string of the molecule is CCCCCCCN(C(=O)C(CC(C)C)NC(=O)OC(C)(C)C)C(C(=O)NCc1ccccc1)c1ccc(CC)cc1. The molecule has 42 heavy (non-hydrogen) atoms. The van der Waals surface area contributed by atoms with E-state index in [1.165, 1.54) is 0 Å². The number of alkyl carbamates (subject to hydrolysis) is 1. The summed E-state index contributed by atoms with van der Waals surface area (Å²) in [6.45, 7) is 14.4. The standard InChI is InChI=1S/C35H53N3O4/c1-8-10-11-12-16-23-38(33(40)30(24-26(3)4)37-34(41)42-35(5,6)7)31(29-21-19-27(9-2)20-22-29)32(39)36-25-28-17-14-13-15-18-28/h13-15,17-22,26,30-31H,8-12,16,23-25H2,1-7H3,(H,36,39)(H,37,41). The van der Waals surface area contributed by atoms with E-state index in [-0.39, 0.29) is 17.7 Å². The molecule has 0 bridgehead atoms. The summed E-state index contributed by atoms with van der Waals surface area (Å²) in [6, 6.07) is 16.0. The molecule has 2 unspecified atom stereocenters. The minimum Gasteiger partial charge on any atom is -0.444 e. The smallest absolute Gasteiger partial charge is 0.408 e. The number of rotatable bonds is 16. The van der Waals surface area contributed by atoms with Crippen LogP contribution >= 0.6 is 0 Å². The Labute approximate surface area is 253 Å². The van der Waals surface area contributed by atoms with Gasteiger partial charge in [-0.05, 0) is 62.6 Å². The van der Waals surface area contributed by atoms with Gasteiger partial charge in [-0.15, -0.1) is 0 Å². The molecule has 2 rings (SSSR count). The van der Waals surface area contributed by atoms with Gasteiger partial charge in [-0.2, -0.15) is 0 Å². The number of ether oxygens (including phenoxy) is 1. The fourth-order valence-electron chi connectivity index (χ4n) is 4.89. The van der Waals surface area contributed by atoms with Gasteiger partial charge < -0.3 is 20.3 Å². The predicted molar refractivity (Wildman–Crippen MR) is 170 cm³/mol. The van der Waals surface area contributed by atoms with Crippen molar-refractivity contribution in [1.29, 1.82) is 0 Å². The van der Waals surface area contributed by atoms with Crippen molar-refractivity contribution in [1.82, 2.24) is 15.5 Å². The molecule has 2 atom stereocenters. The van der Waals surface area contributed by atoms with E-state index in [1.54, 1.807) is 25.7 Å². The molecule has 7 heteroatoms. The molecule has 0 saturated carbocycles. The third kappa shape index (κ3) is 12.3. The van der Waals surface area contributed by atoms with Crippen LogP contribution in [0.25, 0.3) is 0 Å². The Bertz CT molecular complexity index is 1090. The lowest BCUT2D eigenvalue weighted by Crippen LogP contribution is -2.53. The maximum absolute atomic E-state index is 14.4. The van der Waals surface area contributed by atoms with Gasteiger partial charge in [-0.1, -0.05) is 108 Å². The Kier molecular flexibility index (Phi) is 14.6. The van der Waals surface area contributed by atoms with Crippen molar-refractivity contribution in [2.75, 3.05) is 6.54 Å². The summed E-state index contributed by atoms with van der Waals surface area (Å²) in [4.78, 5) is 42.9. The van der Waals surface area contributed by atoms with E-state index in [0.717, 1.165) is 55.2 Å². The van der Waals surface area contributed by atoms with Gasteiger partial charge in [-0.3, -0.25) is 9.59 Å². The largest absolute Gasteiger partial charge is 0.444 e. The molecule has 0 aliphatic rings. The van der Waals surface area contributed by atoms with Crippen LogP contribution in [0.2, 0.25) is 0 Å². The molecule has 0 fully saturated rings. The van der Waals surface area contributed by atoms with Crippen molar-refractivity contribution in [3.8, 4) is 0 Å². The Hall–Kier alpha value is -3.35. The second-order valence-electron chi connectivity index (χ2n) is 12.5. The lowest BCUT2D eigenvalue weighted by Gasteiger charge is -2.35. The molecule has 7 nitrogen and oxygen atoms in total. The van der Waals surface area contributed by atoms with E-state index < -0.39 is 23.8 Å². The zero-order valence-electron chi connectivity index (χ0n) is 26.9. The summed E-state index contributed by atoms with van der Waals surface area (Å²) >= 11 is 0. The van der Waals surface area contributed by atoms with Gasteiger partial charge in [0.15, 0.2) is 0 Å². The minimum atomic E-state index is -0.839. The molecular weight excluding hydrogens is 526 g/mol. The van der Waals surface area contributed by atoms with E-state index in [1.807, 2.05) is 68.4 Å². The first-order valence-corrected chi connectivity index (χ1v) is 15.7. The van der Waals surface area contributed by atoms with Crippen LogP contribution in [0.1, 0.15) is 110 Å². The van der Waals surface area contributed by atoms with Crippen LogP contribution in [0.15, 0.2) is 54.6 Å². The maximum Gasteiger partial charge on any atom is 0.408 e. The summed E-state index contributed by atoms with van der Waals surface area (Å²) in [6.07, 6.45) is 5.71. The van der Waals surface area contributed by atoms with Crippen molar-refractivity contribution in [3.63, 3.8) is 0 Å². The van der Waals surface area contributed by atoms with Crippen molar-refractivity contribution in [3.05, 3.63) is 71.3 Å². The van der Waals surface area contributed by atoms with E-state index in [0.29, 0.717) is 19.5 Å². The summed E-state index contributed by atoms with van der Waals surface area (Å²) in [5, 5.41) is 5.91. The monoisotopic (exact) mass is 579 g/mol. The molecule has 0 spiro atoms. The van der Waals surface area contributed by atoms with Crippen LogP contribution in [-0.2, 0) is 27.3 Å². The van der Waals surface area contributed by atoms with Crippen molar-refractivity contribution in [2.45, 2.75) is 118 Å². The number of hydrogen-bond donors (Lipinski definition) is 2. The van der Waals surface area contributed by atoms with Crippen LogP contribution < -0.4 is 10.6 Å². The van der Waals surface area contributed by atoms with Crippen molar-refractivity contribution >= 4 is 17.9 Å². The molecule has 0 heterocycles. The molecule has 0 radical (unpaired) electrons. The fourth-order valence-corrected chi connectivity index (χ4v) is 4.89. The minimum absolute atomic E-state index is 0.134. The number of benzene rings is 2. The van der Waals surface area contributed by atoms with E-state index in [9.17, 15) is 14.4 Å². The number of amides is 3. The zero-order chi connectivity index (χ0) is 31.1. The van der Waals surface area contributed by atoms with Crippen LogP contribution in [-0.4, -0.2) is 41.0 Å². The highest BCUT2D eigenvalue weighted by Crippen LogP contribution is 2.26. The Morgan fingerprint density at radius 1 is 0.857 bits per heavy atom. The number of unbranched alkanes of at least 4 members (excludes halogenated alkanes) is 4. The number of carbonyl (C=O) groups excluding carboxylic acids is 3. The Morgan fingerprint density at radius 3 is 2.07 bits per heavy atom. The summed E-state index contributed by atoms with van der Waals surface area (Å²) in [5.74, 6) is -0.385. The summed E-state index contributed by atoms with van der Waals surface area (Å²) in [7, 11) is 0. The highest BCUT2D eigenvalue weighted by atomic mass is 16.6. The third-order valence-electron chi connectivity index (χ3n) is 7.06. The fraction of sp³-hybridized carbons (Fsp3) is 0.571. The van der Waals surface area contributed by atoms with Crippen LogP contribution in [0.3, 0.4) is 0 Å². The van der Waals surface area contributed by atoms with E-state index in [2.05, 4.69) is 24.5 Å². The molecule has 0 aromatic heterocycles. The molecule has 2 aromatic rings. The molecular formula is C35H53N3O4. The van der Waals surface area contributed by atoms with Gasteiger partial charge in [0.25, 0.3) is 0 Å². The summed E-state index contributed by atoms with van der Waals surface area (Å²) < 4.78 is 5.51. The highest BCUT2D eigenvalue weighted by Gasteiger charge is 2.36. The first-order chi connectivity index (χ1) is 19.9. The molecule has 0 saturated heterocycles. The normalized spacial score (nSPS) is 12.9. The Balaban J connectivity index is 2.48. The molecule has 2 aromatic carbocycles. The van der Waals surface area contributed by atoms with E-state index in [4.69, 9.17) is 4.74 Å². The zero-order valence-corrected chi connectivity index (χ0v) is 26.9. The van der Waals surface area contributed by atoms with Crippen LogP contribution in [0.4, 0.5) is 4.79 Å². The molecule has 3 amide bonds. The average Bonchev–Trinajstić information content (AvgIpc) is 2.94. The highest BCUT2D eigenvalue weighted by molar-refractivity contribution is 5.92. The van der Waals surface area contributed by atoms with Crippen LogP contribution in [0, 0.1) is 5.92 Å². The van der Waals surface area contributed by atoms with Gasteiger partial charge in [0.2, 0.25) is 11.8 Å². The first-order valence-electron chi connectivity index (χ1n) is 15.7. The van der Waals surface area contributed by atoms with Crippen molar-refractivity contribution in [2.24, 2.45) is 5.92 Å². The maximum atomic E-state index is 14.4. The molecule has 2 N–H and O–H groups in total. The quantitative estimate of drug-likeness (QED) is 0.204. The van der Waals surface area contributed by atoms with E-state index >= 15 is 0 Å². The number of hydrogen-bond acceptors (Lipinski definition) is 4. The topological polar surface area (TPSA) is 87.7 Å². The molecule has 232 valence electrons. The Morgan fingerprint density at radius 2 is 1.50 bits per heavy atom. The second-order valence-corrected chi connectivity index (χ2v) is 12.5. The van der Waals surface area contributed by atoms with Crippen molar-refractivity contribution < 1.29 is 19.1 Å². The lowest BCUT2D eigenvalue weighted by atomic mass is 9.97. The number of nitrogens with zero attached hydrogens (tertiary/aromatic N) is 1. The number of nitrogens with one attached hydrogen (secondary N) is 2. The van der Waals surface area contributed by atoms with Gasteiger partial charge in [0, 0.05) is 13.1 Å². The molecule has 0 aliphatic carbocycles. The van der Waals surface area contributed by atoms with Crippen LogP contribution in [0.5, 0.6) is 0 Å². The van der Waals surface area contributed by atoms with Gasteiger partial charge in [0.05, 0.1) is 0 Å². The number of aryl methyl sites for hydroxylation is 1. The number of carbonyl (C=O) groups is 3. The average molecular weight is 580 g/mol. The first kappa shape index (κ1) is 34.8.